The van der Waals surface area contributed by atoms with Crippen molar-refractivity contribution >= 4 is 34.7 Å². The SMILES string of the molecule is CC.CCC(=O)CCCCC(=O)N1Cc2ccccc2/C(N)=C(/N(N)CCCCC([NH-])C(=O)O)c2ccccc21.[CH3-].[W+2]. The molecule has 2 aromatic carbocycles. The fourth-order valence-electron chi connectivity index (χ4n) is 4.67. The maximum atomic E-state index is 13.5. The molecule has 2 aromatic rings. The predicted molar refractivity (Wildman–Crippen MR) is 167 cm³/mol. The van der Waals surface area contributed by atoms with E-state index in [-0.39, 0.29) is 46.6 Å². The Labute approximate surface area is 265 Å². The first kappa shape index (κ1) is 39.0. The average Bonchev–Trinajstić information content (AvgIpc) is 2.96. The van der Waals surface area contributed by atoms with Gasteiger partial charge in [-0.3, -0.25) is 14.4 Å². The van der Waals surface area contributed by atoms with Crippen molar-refractivity contribution in [3.05, 3.63) is 78.4 Å². The second kappa shape index (κ2) is 20.0. The molecule has 0 spiro atoms. The van der Waals surface area contributed by atoms with E-state index in [0.29, 0.717) is 75.1 Å². The molecule has 230 valence electrons. The predicted octanol–water partition coefficient (Wildman–Crippen LogP) is 6.18. The molecule has 1 amide bonds. The number of fused-ring (bicyclic) bond motifs is 2. The van der Waals surface area contributed by atoms with Crippen molar-refractivity contribution in [3.63, 3.8) is 0 Å². The number of carboxylic acid groups (broad SMARTS) is 1. The Bertz CT molecular complexity index is 1190. The van der Waals surface area contributed by atoms with Gasteiger partial charge < -0.3 is 33.9 Å². The smallest absolute Gasteiger partial charge is 0.665 e. The van der Waals surface area contributed by atoms with E-state index in [1.165, 1.54) is 0 Å². The second-order valence-corrected chi connectivity index (χ2v) is 9.60. The van der Waals surface area contributed by atoms with Crippen molar-refractivity contribution in [3.8, 4) is 0 Å². The Balaban J connectivity index is 0.00000411. The number of amides is 1. The molecule has 9 nitrogen and oxygen atoms in total. The van der Waals surface area contributed by atoms with Crippen molar-refractivity contribution in [1.29, 1.82) is 0 Å². The van der Waals surface area contributed by atoms with Gasteiger partial charge in [0.15, 0.2) is 0 Å². The number of nitrogens with two attached hydrogens (primary N) is 2. The third kappa shape index (κ3) is 10.7. The molecule has 0 saturated carbocycles. The third-order valence-electron chi connectivity index (χ3n) is 6.86. The number of hydrazine groups is 1. The fraction of sp³-hybridized carbons (Fsp3) is 0.438. The Hall–Kier alpha value is -3.00. The molecule has 0 radical (unpaired) electrons. The molecule has 0 saturated heterocycles. The van der Waals surface area contributed by atoms with Crippen molar-refractivity contribution in [2.24, 2.45) is 11.6 Å². The monoisotopic (exact) mass is 749 g/mol. The largest absolute Gasteiger partial charge is 2.00 e. The number of hydrogen-bond donors (Lipinski definition) is 3. The number of aliphatic carboxylic acids is 1. The van der Waals surface area contributed by atoms with Crippen LogP contribution in [0.5, 0.6) is 0 Å². The molecule has 0 aliphatic carbocycles. The number of nitrogens with one attached hydrogen (secondary N) is 1. The third-order valence-corrected chi connectivity index (χ3v) is 6.86. The minimum atomic E-state index is -1.15. The zero-order valence-electron chi connectivity index (χ0n) is 25.4. The molecule has 0 bridgehead atoms. The van der Waals surface area contributed by atoms with Gasteiger partial charge in [-0.15, -0.1) is 0 Å². The van der Waals surface area contributed by atoms with Gasteiger partial charge >= 0.3 is 21.1 Å². The van der Waals surface area contributed by atoms with E-state index in [2.05, 4.69) is 0 Å². The maximum Gasteiger partial charge on any atom is 2.00 e. The zero-order valence-corrected chi connectivity index (χ0v) is 28.3. The van der Waals surface area contributed by atoms with Crippen LogP contribution in [0.3, 0.4) is 0 Å². The number of anilines is 1. The molecule has 0 aromatic heterocycles. The normalized spacial score (nSPS) is 14.3. The van der Waals surface area contributed by atoms with Gasteiger partial charge in [-0.1, -0.05) is 76.1 Å². The minimum Gasteiger partial charge on any atom is -0.665 e. The van der Waals surface area contributed by atoms with Crippen LogP contribution in [-0.4, -0.2) is 40.4 Å². The molecule has 1 aliphatic heterocycles. The van der Waals surface area contributed by atoms with Crippen LogP contribution in [0, 0.1) is 7.43 Å². The summed E-state index contributed by atoms with van der Waals surface area (Å²) in [5, 5.41) is 10.5. The van der Waals surface area contributed by atoms with E-state index < -0.39 is 12.0 Å². The summed E-state index contributed by atoms with van der Waals surface area (Å²) in [6.07, 6.45) is 3.99. The van der Waals surface area contributed by atoms with Crippen LogP contribution in [0.15, 0.2) is 48.5 Å². The summed E-state index contributed by atoms with van der Waals surface area (Å²) in [7, 11) is 0. The minimum absolute atomic E-state index is 0. The number of carbonyl (C=O) groups is 3. The van der Waals surface area contributed by atoms with Crippen molar-refractivity contribution in [1.82, 2.24) is 5.01 Å². The van der Waals surface area contributed by atoms with Gasteiger partial charge in [-0.05, 0) is 36.9 Å². The number of hydrogen-bond acceptors (Lipinski definition) is 6. The van der Waals surface area contributed by atoms with Crippen LogP contribution in [0.25, 0.3) is 17.1 Å². The summed E-state index contributed by atoms with van der Waals surface area (Å²) in [5.41, 5.74) is 18.6. The molecular weight excluding hydrogens is 702 g/mol. The first-order chi connectivity index (χ1) is 19.2. The molecule has 1 aliphatic rings. The molecule has 1 unspecified atom stereocenters. The van der Waals surface area contributed by atoms with E-state index in [9.17, 15) is 14.4 Å². The molecule has 42 heavy (non-hydrogen) atoms. The number of rotatable bonds is 13. The Kier molecular flexibility index (Phi) is 18.6. The van der Waals surface area contributed by atoms with Gasteiger partial charge in [0.25, 0.3) is 5.97 Å². The van der Waals surface area contributed by atoms with E-state index in [1.807, 2.05) is 69.3 Å². The number of carbonyl (C=O) groups excluding carboxylic acids is 2. The number of para-hydroxylation sites is 1. The molecule has 1 atom stereocenters. The fourth-order valence-corrected chi connectivity index (χ4v) is 4.67. The van der Waals surface area contributed by atoms with E-state index in [0.717, 1.165) is 16.7 Å². The Morgan fingerprint density at radius 3 is 2.21 bits per heavy atom. The number of carboxylic acids is 1. The molecule has 0 fully saturated rings. The molecule has 3 rings (SSSR count). The van der Waals surface area contributed by atoms with E-state index in [1.54, 1.807) is 9.91 Å². The van der Waals surface area contributed by atoms with Crippen LogP contribution < -0.4 is 16.5 Å². The second-order valence-electron chi connectivity index (χ2n) is 9.60. The first-order valence-corrected chi connectivity index (χ1v) is 14.2. The quantitative estimate of drug-likeness (QED) is 0.0957. The van der Waals surface area contributed by atoms with E-state index >= 15 is 0 Å². The van der Waals surface area contributed by atoms with Crippen LogP contribution in [-0.2, 0) is 42.0 Å². The van der Waals surface area contributed by atoms with Crippen LogP contribution in [0.4, 0.5) is 5.69 Å². The van der Waals surface area contributed by atoms with Gasteiger partial charge in [0.2, 0.25) is 5.91 Å². The molecule has 6 N–H and O–H groups in total. The van der Waals surface area contributed by atoms with Gasteiger partial charge in [0, 0.05) is 36.9 Å². The van der Waals surface area contributed by atoms with Crippen LogP contribution in [0.2, 0.25) is 0 Å². The Morgan fingerprint density at radius 2 is 1.57 bits per heavy atom. The van der Waals surface area contributed by atoms with Crippen LogP contribution >= 0.6 is 0 Å². The van der Waals surface area contributed by atoms with Crippen LogP contribution in [0.1, 0.15) is 88.8 Å². The topological polar surface area (TPSA) is 154 Å². The standard InChI is InChI=1S/C29H38N5O4.C2H6.CH3.W/c1-2-21(35)12-4-8-17-26(36)33-19-20-11-3-5-13-22(20)27(31)28(23-14-6-7-16-25(23)33)34(32)18-10-9-15-24(30)29(37)38;1-2;;/h3,5-7,11,13-14,16,24,30H,2,4,8-10,12,15,17-19,31-32H2,1H3,(H,37,38);1-2H3;1H3;/q-1;;-1;+2/b28-27-;;;. The number of unbranched alkanes of at least 4 members (excludes halogenated alkanes) is 2. The zero-order chi connectivity index (χ0) is 29.7. The summed E-state index contributed by atoms with van der Waals surface area (Å²) < 4.78 is 0. The molecular formula is C32H47N5O4W. The summed E-state index contributed by atoms with van der Waals surface area (Å²) in [5.74, 6) is 5.61. The van der Waals surface area contributed by atoms with Crippen molar-refractivity contribution in [2.75, 3.05) is 11.4 Å². The van der Waals surface area contributed by atoms with Gasteiger partial charge in [0.1, 0.15) is 5.78 Å². The Morgan fingerprint density at radius 1 is 0.976 bits per heavy atom. The average molecular weight is 750 g/mol. The van der Waals surface area contributed by atoms with Crippen molar-refractivity contribution < 1.29 is 40.6 Å². The van der Waals surface area contributed by atoms with Crippen molar-refractivity contribution in [2.45, 2.75) is 84.7 Å². The summed E-state index contributed by atoms with van der Waals surface area (Å²) in [6.45, 7) is 6.61. The van der Waals surface area contributed by atoms with Gasteiger partial charge in [0.05, 0.1) is 23.6 Å². The van der Waals surface area contributed by atoms with Gasteiger partial charge in [-0.25, -0.2) is 5.84 Å². The summed E-state index contributed by atoms with van der Waals surface area (Å²) in [4.78, 5) is 37.9. The maximum absolute atomic E-state index is 13.5. The number of benzene rings is 2. The summed E-state index contributed by atoms with van der Waals surface area (Å²) >= 11 is 0. The summed E-state index contributed by atoms with van der Waals surface area (Å²) in [6, 6.07) is 14.1. The van der Waals surface area contributed by atoms with Gasteiger partial charge in [-0.2, -0.15) is 0 Å². The first-order valence-electron chi connectivity index (χ1n) is 14.2. The number of ketones is 1. The molecule has 10 heteroatoms. The number of Topliss-reactive ketones (excluding diaryl/α,β-unsaturated/α-hetero) is 1. The van der Waals surface area contributed by atoms with E-state index in [4.69, 9.17) is 22.4 Å². The number of nitrogens with zero attached hydrogens (tertiary/aromatic N) is 2. The molecule has 1 heterocycles.